The number of hydrogen-bond donors (Lipinski definition) is 1. The van der Waals surface area contributed by atoms with Crippen LogP contribution in [-0.4, -0.2) is 28.4 Å². The molecule has 6 heteroatoms. The molecule has 128 valence electrons. The Kier molecular flexibility index (Phi) is 6.37. The van der Waals surface area contributed by atoms with Gasteiger partial charge in [0.25, 0.3) is 5.22 Å². The van der Waals surface area contributed by atoms with Crippen molar-refractivity contribution in [3.05, 3.63) is 5.89 Å². The summed E-state index contributed by atoms with van der Waals surface area (Å²) >= 11 is 1.35. The van der Waals surface area contributed by atoms with Gasteiger partial charge in [-0.3, -0.25) is 4.79 Å². The van der Waals surface area contributed by atoms with E-state index in [0.717, 1.165) is 25.3 Å². The van der Waals surface area contributed by atoms with Crippen molar-refractivity contribution in [1.82, 2.24) is 15.5 Å². The van der Waals surface area contributed by atoms with Crippen LogP contribution in [0.25, 0.3) is 0 Å². The van der Waals surface area contributed by atoms with Crippen molar-refractivity contribution in [2.24, 2.45) is 5.92 Å². The highest BCUT2D eigenvalue weighted by Crippen LogP contribution is 2.32. The molecule has 2 aliphatic rings. The summed E-state index contributed by atoms with van der Waals surface area (Å²) in [4.78, 5) is 11.9. The average molecular weight is 337 g/mol. The number of aromatic nitrogens is 2. The van der Waals surface area contributed by atoms with Crippen LogP contribution >= 0.6 is 11.8 Å². The van der Waals surface area contributed by atoms with Crippen LogP contribution in [0.2, 0.25) is 0 Å². The Morgan fingerprint density at radius 3 is 2.48 bits per heavy atom. The fourth-order valence-corrected chi connectivity index (χ4v) is 4.22. The molecule has 23 heavy (non-hydrogen) atoms. The maximum atomic E-state index is 11.9. The van der Waals surface area contributed by atoms with Crippen LogP contribution in [-0.2, 0) is 4.79 Å². The SMILES string of the molecule is O=C(CSc1nnc(C2CCCCC2)o1)NCC1CCCCC1. The zero-order valence-electron chi connectivity index (χ0n) is 13.8. The first-order valence-corrected chi connectivity index (χ1v) is 10.0. The number of carbonyl (C=O) groups excluding carboxylic acids is 1. The Labute approximate surface area is 142 Å². The first-order valence-electron chi connectivity index (χ1n) is 9.04. The highest BCUT2D eigenvalue weighted by Gasteiger charge is 2.21. The van der Waals surface area contributed by atoms with Gasteiger partial charge in [0.1, 0.15) is 0 Å². The summed E-state index contributed by atoms with van der Waals surface area (Å²) in [5.74, 6) is 2.27. The van der Waals surface area contributed by atoms with Crippen molar-refractivity contribution in [2.75, 3.05) is 12.3 Å². The molecule has 0 radical (unpaired) electrons. The van der Waals surface area contributed by atoms with Gasteiger partial charge < -0.3 is 9.73 Å². The quantitative estimate of drug-likeness (QED) is 0.797. The molecule has 1 aromatic rings. The third-order valence-corrected chi connectivity index (χ3v) is 5.83. The minimum Gasteiger partial charge on any atom is -0.416 e. The Morgan fingerprint density at radius 2 is 1.74 bits per heavy atom. The van der Waals surface area contributed by atoms with Crippen LogP contribution in [0, 0.1) is 5.92 Å². The predicted molar refractivity (Wildman–Crippen MR) is 90.4 cm³/mol. The van der Waals surface area contributed by atoms with Gasteiger partial charge in [0.05, 0.1) is 5.75 Å². The second-order valence-electron chi connectivity index (χ2n) is 6.84. The van der Waals surface area contributed by atoms with Crippen LogP contribution in [0.1, 0.15) is 76.0 Å². The molecule has 1 aromatic heterocycles. The molecule has 0 atom stereocenters. The van der Waals surface area contributed by atoms with E-state index in [1.165, 1.54) is 63.1 Å². The molecule has 2 aliphatic carbocycles. The molecular formula is C17H27N3O2S. The number of nitrogens with zero attached hydrogens (tertiary/aromatic N) is 2. The van der Waals surface area contributed by atoms with Crippen LogP contribution in [0.5, 0.6) is 0 Å². The molecule has 3 rings (SSSR count). The zero-order chi connectivity index (χ0) is 15.9. The van der Waals surface area contributed by atoms with Gasteiger partial charge in [-0.05, 0) is 31.6 Å². The van der Waals surface area contributed by atoms with E-state index < -0.39 is 0 Å². The van der Waals surface area contributed by atoms with E-state index in [9.17, 15) is 4.79 Å². The van der Waals surface area contributed by atoms with Gasteiger partial charge in [0.15, 0.2) is 0 Å². The lowest BCUT2D eigenvalue weighted by molar-refractivity contribution is -0.118. The van der Waals surface area contributed by atoms with E-state index in [1.54, 1.807) is 0 Å². The third kappa shape index (κ3) is 5.23. The van der Waals surface area contributed by atoms with Crippen LogP contribution < -0.4 is 5.32 Å². The highest BCUT2D eigenvalue weighted by molar-refractivity contribution is 7.99. The summed E-state index contributed by atoms with van der Waals surface area (Å²) in [5, 5.41) is 11.8. The lowest BCUT2D eigenvalue weighted by atomic mass is 9.89. The minimum atomic E-state index is 0.0676. The fourth-order valence-electron chi connectivity index (χ4n) is 3.62. The van der Waals surface area contributed by atoms with Gasteiger partial charge in [-0.15, -0.1) is 10.2 Å². The maximum Gasteiger partial charge on any atom is 0.277 e. The lowest BCUT2D eigenvalue weighted by Crippen LogP contribution is -2.31. The molecule has 0 bridgehead atoms. The third-order valence-electron chi connectivity index (χ3n) is 5.02. The Morgan fingerprint density at radius 1 is 1.04 bits per heavy atom. The number of hydrogen-bond acceptors (Lipinski definition) is 5. The van der Waals surface area contributed by atoms with E-state index >= 15 is 0 Å². The van der Waals surface area contributed by atoms with Gasteiger partial charge in [-0.2, -0.15) is 0 Å². The highest BCUT2D eigenvalue weighted by atomic mass is 32.2. The molecular weight excluding hydrogens is 310 g/mol. The van der Waals surface area contributed by atoms with Gasteiger partial charge in [0, 0.05) is 12.5 Å². The smallest absolute Gasteiger partial charge is 0.277 e. The number of carbonyl (C=O) groups is 1. The topological polar surface area (TPSA) is 68.0 Å². The number of nitrogens with one attached hydrogen (secondary N) is 1. The predicted octanol–water partition coefficient (Wildman–Crippen LogP) is 3.91. The average Bonchev–Trinajstić information content (AvgIpc) is 3.09. The molecule has 0 aliphatic heterocycles. The number of amides is 1. The van der Waals surface area contributed by atoms with Gasteiger partial charge in [0.2, 0.25) is 11.8 Å². The standard InChI is InChI=1S/C17H27N3O2S/c21-15(18-11-13-7-3-1-4-8-13)12-23-17-20-19-16(22-17)14-9-5-2-6-10-14/h13-14H,1-12H2,(H,18,21). The van der Waals surface area contributed by atoms with Crippen molar-refractivity contribution < 1.29 is 9.21 Å². The summed E-state index contributed by atoms with van der Waals surface area (Å²) in [6.45, 7) is 0.816. The molecule has 2 saturated carbocycles. The van der Waals surface area contributed by atoms with E-state index in [1.807, 2.05) is 0 Å². The van der Waals surface area contributed by atoms with Crippen molar-refractivity contribution in [2.45, 2.75) is 75.3 Å². The molecule has 0 spiro atoms. The van der Waals surface area contributed by atoms with Crippen LogP contribution in [0.15, 0.2) is 9.64 Å². The first-order chi connectivity index (χ1) is 11.3. The zero-order valence-corrected chi connectivity index (χ0v) is 14.6. The summed E-state index contributed by atoms with van der Waals surface area (Å²) in [7, 11) is 0. The monoisotopic (exact) mass is 337 g/mol. The van der Waals surface area contributed by atoms with E-state index in [0.29, 0.717) is 22.8 Å². The molecule has 1 heterocycles. The minimum absolute atomic E-state index is 0.0676. The Balaban J connectivity index is 1.37. The molecule has 0 unspecified atom stereocenters. The molecule has 0 aromatic carbocycles. The molecule has 0 saturated heterocycles. The van der Waals surface area contributed by atoms with Crippen LogP contribution in [0.4, 0.5) is 0 Å². The van der Waals surface area contributed by atoms with Crippen molar-refractivity contribution >= 4 is 17.7 Å². The second kappa shape index (κ2) is 8.71. The van der Waals surface area contributed by atoms with Crippen molar-refractivity contribution in [1.29, 1.82) is 0 Å². The van der Waals surface area contributed by atoms with Crippen molar-refractivity contribution in [3.63, 3.8) is 0 Å². The number of thioether (sulfide) groups is 1. The van der Waals surface area contributed by atoms with E-state index in [-0.39, 0.29) is 5.91 Å². The second-order valence-corrected chi connectivity index (χ2v) is 7.76. The first kappa shape index (κ1) is 16.8. The molecule has 2 fully saturated rings. The largest absolute Gasteiger partial charge is 0.416 e. The Bertz CT molecular complexity index is 494. The molecule has 5 nitrogen and oxygen atoms in total. The lowest BCUT2D eigenvalue weighted by Gasteiger charge is -2.21. The van der Waals surface area contributed by atoms with Gasteiger partial charge >= 0.3 is 0 Å². The number of rotatable bonds is 6. The van der Waals surface area contributed by atoms with E-state index in [2.05, 4.69) is 15.5 Å². The van der Waals surface area contributed by atoms with Gasteiger partial charge in [-0.1, -0.05) is 50.3 Å². The van der Waals surface area contributed by atoms with Crippen molar-refractivity contribution in [3.8, 4) is 0 Å². The molecule has 1 N–H and O–H groups in total. The summed E-state index contributed by atoms with van der Waals surface area (Å²) < 4.78 is 5.73. The Hall–Kier alpha value is -1.04. The fraction of sp³-hybridized carbons (Fsp3) is 0.824. The summed E-state index contributed by atoms with van der Waals surface area (Å²) in [6.07, 6.45) is 12.6. The maximum absolute atomic E-state index is 11.9. The summed E-state index contributed by atoms with van der Waals surface area (Å²) in [6, 6.07) is 0. The van der Waals surface area contributed by atoms with E-state index in [4.69, 9.17) is 4.42 Å². The summed E-state index contributed by atoms with van der Waals surface area (Å²) in [5.41, 5.74) is 0. The van der Waals surface area contributed by atoms with Crippen LogP contribution in [0.3, 0.4) is 0 Å². The van der Waals surface area contributed by atoms with Gasteiger partial charge in [-0.25, -0.2) is 0 Å². The molecule has 1 amide bonds. The normalized spacial score (nSPS) is 20.5.